The Bertz CT molecular complexity index is 775. The molecule has 138 valence electrons. The molecule has 0 saturated heterocycles. The molecular weight excluding hydrogens is 343 g/mol. The van der Waals surface area contributed by atoms with Crippen LogP contribution in [0.2, 0.25) is 0 Å². The SMILES string of the molecule is CC(C)(C)C(=O)N(Cc1ccccc1)C(=O)c1ccc(C(F)(F)F)cc1. The van der Waals surface area contributed by atoms with Crippen LogP contribution >= 0.6 is 0 Å². The zero-order valence-electron chi connectivity index (χ0n) is 14.8. The topological polar surface area (TPSA) is 37.4 Å². The molecule has 0 aromatic heterocycles. The zero-order valence-corrected chi connectivity index (χ0v) is 14.8. The van der Waals surface area contributed by atoms with Crippen molar-refractivity contribution in [2.24, 2.45) is 5.41 Å². The molecule has 0 fully saturated rings. The largest absolute Gasteiger partial charge is 0.416 e. The summed E-state index contributed by atoms with van der Waals surface area (Å²) < 4.78 is 38.1. The van der Waals surface area contributed by atoms with Gasteiger partial charge in [-0.05, 0) is 29.8 Å². The van der Waals surface area contributed by atoms with Gasteiger partial charge in [0, 0.05) is 11.0 Å². The third-order valence-electron chi connectivity index (χ3n) is 3.77. The van der Waals surface area contributed by atoms with Gasteiger partial charge in [-0.1, -0.05) is 51.1 Å². The van der Waals surface area contributed by atoms with Crippen molar-refractivity contribution in [1.82, 2.24) is 4.90 Å². The second kappa shape index (κ2) is 7.32. The van der Waals surface area contributed by atoms with Crippen LogP contribution in [-0.4, -0.2) is 16.7 Å². The molecule has 0 atom stereocenters. The highest BCUT2D eigenvalue weighted by atomic mass is 19.4. The molecule has 2 amide bonds. The van der Waals surface area contributed by atoms with Crippen LogP contribution in [0.5, 0.6) is 0 Å². The van der Waals surface area contributed by atoms with Gasteiger partial charge in [0.2, 0.25) is 5.91 Å². The van der Waals surface area contributed by atoms with E-state index in [1.807, 2.05) is 6.07 Å². The first kappa shape index (κ1) is 19.7. The number of amides is 2. The number of rotatable bonds is 3. The molecule has 0 saturated carbocycles. The Morgan fingerprint density at radius 2 is 1.42 bits per heavy atom. The van der Waals surface area contributed by atoms with Gasteiger partial charge in [0.25, 0.3) is 5.91 Å². The Labute approximate surface area is 150 Å². The van der Waals surface area contributed by atoms with Gasteiger partial charge >= 0.3 is 6.18 Å². The fraction of sp³-hybridized carbons (Fsp3) is 0.300. The third kappa shape index (κ3) is 4.71. The molecule has 0 aliphatic carbocycles. The number of hydrogen-bond acceptors (Lipinski definition) is 2. The van der Waals surface area contributed by atoms with Crippen LogP contribution in [0.15, 0.2) is 54.6 Å². The minimum atomic E-state index is -4.48. The Hall–Kier alpha value is -2.63. The average Bonchev–Trinajstić information content (AvgIpc) is 2.58. The first-order valence-corrected chi connectivity index (χ1v) is 8.07. The van der Waals surface area contributed by atoms with Crippen molar-refractivity contribution in [3.05, 3.63) is 71.3 Å². The first-order valence-electron chi connectivity index (χ1n) is 8.07. The van der Waals surface area contributed by atoms with Gasteiger partial charge < -0.3 is 0 Å². The molecule has 0 bridgehead atoms. The number of carbonyl (C=O) groups excluding carboxylic acids is 2. The molecule has 2 rings (SSSR count). The van der Waals surface area contributed by atoms with E-state index in [0.717, 1.165) is 34.7 Å². The van der Waals surface area contributed by atoms with Crippen LogP contribution in [0.1, 0.15) is 42.3 Å². The van der Waals surface area contributed by atoms with Crippen LogP contribution in [0.25, 0.3) is 0 Å². The van der Waals surface area contributed by atoms with Crippen molar-refractivity contribution in [1.29, 1.82) is 0 Å². The van der Waals surface area contributed by atoms with Gasteiger partial charge in [-0.3, -0.25) is 14.5 Å². The summed E-state index contributed by atoms with van der Waals surface area (Å²) in [4.78, 5) is 26.6. The molecular formula is C20H20F3NO2. The van der Waals surface area contributed by atoms with E-state index in [2.05, 4.69) is 0 Å². The maximum Gasteiger partial charge on any atom is 0.416 e. The predicted octanol–water partition coefficient (Wildman–Crippen LogP) is 4.92. The summed E-state index contributed by atoms with van der Waals surface area (Å²) in [5.41, 5.74) is -0.862. The van der Waals surface area contributed by atoms with Crippen LogP contribution < -0.4 is 0 Å². The van der Waals surface area contributed by atoms with Gasteiger partial charge in [-0.15, -0.1) is 0 Å². The van der Waals surface area contributed by atoms with Crippen LogP contribution in [0.4, 0.5) is 13.2 Å². The minimum Gasteiger partial charge on any atom is -0.274 e. The van der Waals surface area contributed by atoms with E-state index < -0.39 is 29.0 Å². The van der Waals surface area contributed by atoms with Crippen LogP contribution in [0.3, 0.4) is 0 Å². The Kier molecular flexibility index (Phi) is 5.54. The van der Waals surface area contributed by atoms with E-state index in [-0.39, 0.29) is 12.1 Å². The standard InChI is InChI=1S/C20H20F3NO2/c1-19(2,3)18(26)24(13-14-7-5-4-6-8-14)17(25)15-9-11-16(12-10-15)20(21,22)23/h4-12H,13H2,1-3H3. The van der Waals surface area contributed by atoms with E-state index >= 15 is 0 Å². The molecule has 0 heterocycles. The third-order valence-corrected chi connectivity index (χ3v) is 3.77. The lowest BCUT2D eigenvalue weighted by Crippen LogP contribution is -2.43. The fourth-order valence-corrected chi connectivity index (χ4v) is 2.36. The zero-order chi connectivity index (χ0) is 19.5. The molecule has 0 aliphatic rings. The number of nitrogens with zero attached hydrogens (tertiary/aromatic N) is 1. The molecule has 0 spiro atoms. The van der Waals surface area contributed by atoms with E-state index in [1.54, 1.807) is 45.0 Å². The van der Waals surface area contributed by atoms with E-state index in [0.29, 0.717) is 0 Å². The Morgan fingerprint density at radius 1 is 0.885 bits per heavy atom. The lowest BCUT2D eigenvalue weighted by molar-refractivity contribution is -0.138. The Balaban J connectivity index is 2.35. The van der Waals surface area contributed by atoms with Crippen molar-refractivity contribution < 1.29 is 22.8 Å². The first-order chi connectivity index (χ1) is 12.0. The number of hydrogen-bond donors (Lipinski definition) is 0. The molecule has 2 aromatic rings. The monoisotopic (exact) mass is 363 g/mol. The number of alkyl halides is 3. The van der Waals surface area contributed by atoms with Crippen LogP contribution in [0, 0.1) is 5.41 Å². The maximum atomic E-state index is 12.8. The van der Waals surface area contributed by atoms with Gasteiger partial charge in [0.05, 0.1) is 12.1 Å². The van der Waals surface area contributed by atoms with E-state index in [1.165, 1.54) is 0 Å². The summed E-state index contributed by atoms with van der Waals surface area (Å²) in [5, 5.41) is 0. The van der Waals surface area contributed by atoms with Gasteiger partial charge in [0.1, 0.15) is 0 Å². The van der Waals surface area contributed by atoms with Crippen molar-refractivity contribution in [2.45, 2.75) is 33.5 Å². The van der Waals surface area contributed by atoms with Crippen molar-refractivity contribution in [3.63, 3.8) is 0 Å². The maximum absolute atomic E-state index is 12.8. The highest BCUT2D eigenvalue weighted by molar-refractivity contribution is 6.05. The second-order valence-corrected chi connectivity index (χ2v) is 7.01. The summed E-state index contributed by atoms with van der Waals surface area (Å²) in [6.45, 7) is 5.12. The molecule has 0 unspecified atom stereocenters. The highest BCUT2D eigenvalue weighted by Crippen LogP contribution is 2.29. The molecule has 0 radical (unpaired) electrons. The number of halogens is 3. The molecule has 2 aromatic carbocycles. The van der Waals surface area contributed by atoms with Crippen LogP contribution in [-0.2, 0) is 17.5 Å². The predicted molar refractivity (Wildman–Crippen MR) is 92.2 cm³/mol. The summed E-state index contributed by atoms with van der Waals surface area (Å²) in [5.74, 6) is -1.02. The molecule has 6 heteroatoms. The van der Waals surface area contributed by atoms with Gasteiger partial charge in [-0.2, -0.15) is 13.2 Å². The Morgan fingerprint density at radius 3 is 1.88 bits per heavy atom. The normalized spacial score (nSPS) is 11.9. The average molecular weight is 363 g/mol. The van der Waals surface area contributed by atoms with Crippen molar-refractivity contribution in [3.8, 4) is 0 Å². The highest BCUT2D eigenvalue weighted by Gasteiger charge is 2.33. The number of carbonyl (C=O) groups is 2. The lowest BCUT2D eigenvalue weighted by atomic mass is 9.94. The molecule has 0 aliphatic heterocycles. The summed E-state index contributed by atoms with van der Waals surface area (Å²) in [6.07, 6.45) is -4.48. The molecule has 3 nitrogen and oxygen atoms in total. The van der Waals surface area contributed by atoms with Crippen molar-refractivity contribution in [2.75, 3.05) is 0 Å². The lowest BCUT2D eigenvalue weighted by Gasteiger charge is -2.28. The van der Waals surface area contributed by atoms with Gasteiger partial charge in [0.15, 0.2) is 0 Å². The smallest absolute Gasteiger partial charge is 0.274 e. The van der Waals surface area contributed by atoms with E-state index in [9.17, 15) is 22.8 Å². The number of imide groups is 1. The van der Waals surface area contributed by atoms with E-state index in [4.69, 9.17) is 0 Å². The number of benzene rings is 2. The minimum absolute atomic E-state index is 0.0338. The fourth-order valence-electron chi connectivity index (χ4n) is 2.36. The quantitative estimate of drug-likeness (QED) is 0.776. The summed E-state index contributed by atoms with van der Waals surface area (Å²) in [6, 6.07) is 12.8. The molecule has 0 N–H and O–H groups in total. The second-order valence-electron chi connectivity index (χ2n) is 7.01. The summed E-state index contributed by atoms with van der Waals surface area (Å²) >= 11 is 0. The van der Waals surface area contributed by atoms with Gasteiger partial charge in [-0.25, -0.2) is 0 Å². The molecule has 26 heavy (non-hydrogen) atoms. The summed E-state index contributed by atoms with van der Waals surface area (Å²) in [7, 11) is 0. The van der Waals surface area contributed by atoms with Crippen molar-refractivity contribution >= 4 is 11.8 Å².